The fraction of sp³-hybridized carbons (Fsp3) is 1.00. The van der Waals surface area contributed by atoms with E-state index in [-0.39, 0.29) is 12.2 Å². The molecule has 3 atom stereocenters. The summed E-state index contributed by atoms with van der Waals surface area (Å²) in [5, 5.41) is 8.98. The maximum Gasteiger partial charge on any atom is 0.0785 e. The third kappa shape index (κ3) is 10.1. The second-order valence-corrected chi connectivity index (χ2v) is 3.80. The van der Waals surface area contributed by atoms with Crippen molar-refractivity contribution in [3.63, 3.8) is 0 Å². The predicted octanol–water partition coefficient (Wildman–Crippen LogP) is 1.21. The van der Waals surface area contributed by atoms with Gasteiger partial charge in [0.15, 0.2) is 0 Å². The van der Waals surface area contributed by atoms with Crippen LogP contribution < -0.4 is 0 Å². The van der Waals surface area contributed by atoms with Crippen molar-refractivity contribution in [1.82, 2.24) is 0 Å². The van der Waals surface area contributed by atoms with Crippen molar-refractivity contribution in [3.05, 3.63) is 0 Å². The number of rotatable bonds is 9. The molecule has 0 radical (unpaired) electrons. The van der Waals surface area contributed by atoms with Gasteiger partial charge in [-0.2, -0.15) is 0 Å². The first kappa shape index (κ1) is 14.8. The zero-order valence-corrected chi connectivity index (χ0v) is 10.2. The molecule has 0 heterocycles. The molecule has 0 aliphatic heterocycles. The third-order valence-electron chi connectivity index (χ3n) is 1.73. The predicted molar refractivity (Wildman–Crippen MR) is 59.0 cm³/mol. The van der Waals surface area contributed by atoms with Gasteiger partial charge >= 0.3 is 0 Å². The van der Waals surface area contributed by atoms with Gasteiger partial charge in [0.2, 0.25) is 0 Å². The van der Waals surface area contributed by atoms with Gasteiger partial charge in [-0.1, -0.05) is 0 Å². The Balaban J connectivity index is 3.42. The number of ether oxygens (including phenoxy) is 3. The summed E-state index contributed by atoms with van der Waals surface area (Å²) in [5.74, 6) is 0. The molecule has 0 aromatic rings. The smallest absolute Gasteiger partial charge is 0.0785 e. The van der Waals surface area contributed by atoms with Crippen molar-refractivity contribution in [2.75, 3.05) is 26.4 Å². The molecular weight excluding hydrogens is 196 g/mol. The molecule has 0 unspecified atom stereocenters. The van der Waals surface area contributed by atoms with Crippen LogP contribution in [0.15, 0.2) is 0 Å². The molecular formula is C11H24O4. The molecule has 0 rings (SSSR count). The first-order valence-corrected chi connectivity index (χ1v) is 5.55. The zero-order chi connectivity index (χ0) is 11.7. The highest BCUT2D eigenvalue weighted by Crippen LogP contribution is 2.00. The summed E-state index contributed by atoms with van der Waals surface area (Å²) in [6, 6.07) is 0. The van der Waals surface area contributed by atoms with Crippen LogP contribution in [0.25, 0.3) is 0 Å². The summed E-state index contributed by atoms with van der Waals surface area (Å²) < 4.78 is 16.1. The quantitative estimate of drug-likeness (QED) is 0.634. The Morgan fingerprint density at radius 1 is 0.933 bits per heavy atom. The Hall–Kier alpha value is -0.160. The maximum atomic E-state index is 8.98. The van der Waals surface area contributed by atoms with E-state index in [2.05, 4.69) is 0 Å². The lowest BCUT2D eigenvalue weighted by atomic mass is 10.4. The summed E-state index contributed by atoms with van der Waals surface area (Å²) in [5.41, 5.74) is 0. The lowest BCUT2D eigenvalue weighted by molar-refractivity contribution is -0.0768. The summed E-state index contributed by atoms with van der Waals surface area (Å²) in [4.78, 5) is 0. The molecule has 92 valence electrons. The van der Waals surface area contributed by atoms with Crippen LogP contribution in [0.5, 0.6) is 0 Å². The Kier molecular flexibility index (Phi) is 9.00. The van der Waals surface area contributed by atoms with Crippen molar-refractivity contribution < 1.29 is 19.3 Å². The fourth-order valence-corrected chi connectivity index (χ4v) is 1.16. The highest BCUT2D eigenvalue weighted by molar-refractivity contribution is 4.54. The molecule has 0 fully saturated rings. The summed E-state index contributed by atoms with van der Waals surface area (Å²) in [6.07, 6.45) is -0.313. The normalized spacial score (nSPS) is 17.4. The summed E-state index contributed by atoms with van der Waals surface area (Å²) in [7, 11) is 0. The van der Waals surface area contributed by atoms with Gasteiger partial charge in [0, 0.05) is 6.61 Å². The van der Waals surface area contributed by atoms with E-state index in [0.29, 0.717) is 26.4 Å². The standard InChI is InChI=1S/C11H24O4/c1-5-13-7-10(3)15-11(4)8-14-6-9(2)12/h9-12H,5-8H2,1-4H3/t9-,10+,11+/m1/s1. The van der Waals surface area contributed by atoms with E-state index < -0.39 is 6.10 Å². The van der Waals surface area contributed by atoms with Crippen molar-refractivity contribution in [2.45, 2.75) is 46.0 Å². The topological polar surface area (TPSA) is 47.9 Å². The highest BCUT2D eigenvalue weighted by Gasteiger charge is 2.09. The van der Waals surface area contributed by atoms with Crippen LogP contribution in [0.3, 0.4) is 0 Å². The summed E-state index contributed by atoms with van der Waals surface area (Å²) in [6.45, 7) is 9.75. The molecule has 0 saturated carbocycles. The lowest BCUT2D eigenvalue weighted by Crippen LogP contribution is -2.26. The minimum absolute atomic E-state index is 0.0270. The molecule has 0 bridgehead atoms. The van der Waals surface area contributed by atoms with Gasteiger partial charge in [-0.25, -0.2) is 0 Å². The van der Waals surface area contributed by atoms with Crippen LogP contribution in [0.1, 0.15) is 27.7 Å². The Bertz CT molecular complexity index is 139. The molecule has 0 saturated heterocycles. The lowest BCUT2D eigenvalue weighted by Gasteiger charge is -2.19. The van der Waals surface area contributed by atoms with Crippen LogP contribution in [0, 0.1) is 0 Å². The van der Waals surface area contributed by atoms with E-state index in [1.807, 2.05) is 20.8 Å². The van der Waals surface area contributed by atoms with Gasteiger partial charge in [0.05, 0.1) is 38.1 Å². The van der Waals surface area contributed by atoms with Gasteiger partial charge in [-0.3, -0.25) is 0 Å². The van der Waals surface area contributed by atoms with E-state index in [9.17, 15) is 0 Å². The van der Waals surface area contributed by atoms with Gasteiger partial charge in [-0.15, -0.1) is 0 Å². The van der Waals surface area contributed by atoms with E-state index >= 15 is 0 Å². The number of aliphatic hydroxyl groups is 1. The molecule has 0 spiro atoms. The van der Waals surface area contributed by atoms with Crippen molar-refractivity contribution in [1.29, 1.82) is 0 Å². The fourth-order valence-electron chi connectivity index (χ4n) is 1.16. The first-order chi connectivity index (χ1) is 7.06. The Morgan fingerprint density at radius 2 is 1.47 bits per heavy atom. The Morgan fingerprint density at radius 3 is 1.93 bits per heavy atom. The van der Waals surface area contributed by atoms with Gasteiger partial charge < -0.3 is 19.3 Å². The van der Waals surface area contributed by atoms with Gasteiger partial charge in [0.1, 0.15) is 0 Å². The van der Waals surface area contributed by atoms with Gasteiger partial charge in [0.25, 0.3) is 0 Å². The summed E-state index contributed by atoms with van der Waals surface area (Å²) >= 11 is 0. The molecule has 4 nitrogen and oxygen atoms in total. The minimum Gasteiger partial charge on any atom is -0.391 e. The minimum atomic E-state index is -0.418. The molecule has 4 heteroatoms. The molecule has 0 aliphatic rings. The van der Waals surface area contributed by atoms with Crippen LogP contribution in [-0.4, -0.2) is 49.8 Å². The number of aliphatic hydroxyl groups excluding tert-OH is 1. The molecule has 0 amide bonds. The third-order valence-corrected chi connectivity index (χ3v) is 1.73. The van der Waals surface area contributed by atoms with Crippen LogP contribution in [-0.2, 0) is 14.2 Å². The molecule has 0 aromatic carbocycles. The molecule has 1 N–H and O–H groups in total. The first-order valence-electron chi connectivity index (χ1n) is 5.55. The van der Waals surface area contributed by atoms with Crippen molar-refractivity contribution >= 4 is 0 Å². The van der Waals surface area contributed by atoms with Crippen LogP contribution in [0.2, 0.25) is 0 Å². The molecule has 15 heavy (non-hydrogen) atoms. The van der Waals surface area contributed by atoms with Crippen LogP contribution >= 0.6 is 0 Å². The monoisotopic (exact) mass is 220 g/mol. The molecule has 0 aromatic heterocycles. The SMILES string of the molecule is CCOC[C@H](C)O[C@@H](C)COC[C@@H](C)O. The number of hydrogen-bond acceptors (Lipinski definition) is 4. The van der Waals surface area contributed by atoms with Gasteiger partial charge in [-0.05, 0) is 27.7 Å². The van der Waals surface area contributed by atoms with E-state index in [1.54, 1.807) is 6.92 Å². The van der Waals surface area contributed by atoms with Crippen molar-refractivity contribution in [2.24, 2.45) is 0 Å². The highest BCUT2D eigenvalue weighted by atomic mass is 16.6. The zero-order valence-electron chi connectivity index (χ0n) is 10.2. The average Bonchev–Trinajstić information content (AvgIpc) is 2.14. The Labute approximate surface area is 92.5 Å². The van der Waals surface area contributed by atoms with Crippen molar-refractivity contribution in [3.8, 4) is 0 Å². The van der Waals surface area contributed by atoms with Crippen LogP contribution in [0.4, 0.5) is 0 Å². The van der Waals surface area contributed by atoms with E-state index in [4.69, 9.17) is 19.3 Å². The largest absolute Gasteiger partial charge is 0.391 e. The number of hydrogen-bond donors (Lipinski definition) is 1. The van der Waals surface area contributed by atoms with E-state index in [1.165, 1.54) is 0 Å². The maximum absolute atomic E-state index is 8.98. The van der Waals surface area contributed by atoms with E-state index in [0.717, 1.165) is 0 Å². The second kappa shape index (κ2) is 9.09. The average molecular weight is 220 g/mol. The molecule has 0 aliphatic carbocycles. The second-order valence-electron chi connectivity index (χ2n) is 3.80.